The van der Waals surface area contributed by atoms with Crippen molar-refractivity contribution in [1.29, 1.82) is 0 Å². The summed E-state index contributed by atoms with van der Waals surface area (Å²) in [4.78, 5) is 0. The van der Waals surface area contributed by atoms with Gasteiger partial charge in [0, 0.05) is 30.0 Å². The predicted molar refractivity (Wildman–Crippen MR) is 70.7 cm³/mol. The van der Waals surface area contributed by atoms with Crippen LogP contribution in [0.5, 0.6) is 0 Å². The molecule has 0 aliphatic carbocycles. The predicted octanol–water partition coefficient (Wildman–Crippen LogP) is 3.24. The summed E-state index contributed by atoms with van der Waals surface area (Å²) < 4.78 is 5.71. The first-order valence-corrected chi connectivity index (χ1v) is 5.86. The second-order valence-electron chi connectivity index (χ2n) is 4.32. The van der Waals surface area contributed by atoms with E-state index < -0.39 is 0 Å². The van der Waals surface area contributed by atoms with Crippen molar-refractivity contribution in [2.75, 3.05) is 0 Å². The maximum Gasteiger partial charge on any atom is 0.134 e. The minimum atomic E-state index is 0.327. The van der Waals surface area contributed by atoms with Crippen LogP contribution in [-0.2, 0) is 6.54 Å². The molecule has 0 aliphatic rings. The Labute approximate surface area is 102 Å². The lowest BCUT2D eigenvalue weighted by Gasteiger charge is -2.10. The van der Waals surface area contributed by atoms with Gasteiger partial charge in [-0.15, -0.1) is 12.3 Å². The van der Waals surface area contributed by atoms with Gasteiger partial charge in [0.1, 0.15) is 11.3 Å². The Morgan fingerprint density at radius 3 is 2.94 bits per heavy atom. The van der Waals surface area contributed by atoms with E-state index in [4.69, 9.17) is 10.8 Å². The molecule has 1 N–H and O–H groups in total. The molecule has 2 nitrogen and oxygen atoms in total. The first-order chi connectivity index (χ1) is 8.22. The summed E-state index contributed by atoms with van der Waals surface area (Å²) in [7, 11) is 0. The Morgan fingerprint density at radius 1 is 1.41 bits per heavy atom. The van der Waals surface area contributed by atoms with E-state index in [-0.39, 0.29) is 0 Å². The van der Waals surface area contributed by atoms with E-state index in [2.05, 4.69) is 24.2 Å². The molecule has 0 saturated carbocycles. The number of hydrogen-bond acceptors (Lipinski definition) is 2. The van der Waals surface area contributed by atoms with E-state index in [0.717, 1.165) is 24.3 Å². The summed E-state index contributed by atoms with van der Waals surface area (Å²) in [5.74, 6) is 3.64. The van der Waals surface area contributed by atoms with Gasteiger partial charge in [-0.05, 0) is 19.9 Å². The van der Waals surface area contributed by atoms with Crippen molar-refractivity contribution < 1.29 is 4.42 Å². The Hall–Kier alpha value is -1.72. The van der Waals surface area contributed by atoms with Crippen molar-refractivity contribution in [3.63, 3.8) is 0 Å². The van der Waals surface area contributed by atoms with Crippen molar-refractivity contribution in [1.82, 2.24) is 5.32 Å². The van der Waals surface area contributed by atoms with E-state index >= 15 is 0 Å². The second kappa shape index (κ2) is 5.07. The van der Waals surface area contributed by atoms with Gasteiger partial charge in [-0.3, -0.25) is 0 Å². The monoisotopic (exact) mass is 227 g/mol. The summed E-state index contributed by atoms with van der Waals surface area (Å²) >= 11 is 0. The number of fused-ring (bicyclic) bond motifs is 1. The molecular formula is C15H17NO. The number of benzene rings is 1. The minimum Gasteiger partial charge on any atom is -0.461 e. The summed E-state index contributed by atoms with van der Waals surface area (Å²) in [5.41, 5.74) is 2.18. The molecule has 0 aliphatic heterocycles. The number of terminal acetylenes is 1. The van der Waals surface area contributed by atoms with Crippen LogP contribution in [-0.4, -0.2) is 6.04 Å². The van der Waals surface area contributed by atoms with Gasteiger partial charge in [0.2, 0.25) is 0 Å². The fourth-order valence-electron chi connectivity index (χ4n) is 1.97. The summed E-state index contributed by atoms with van der Waals surface area (Å²) in [6.45, 7) is 4.89. The molecule has 2 rings (SSSR count). The van der Waals surface area contributed by atoms with Crippen LogP contribution in [0.1, 0.15) is 24.7 Å². The molecule has 1 atom stereocenters. The van der Waals surface area contributed by atoms with Gasteiger partial charge in [-0.25, -0.2) is 0 Å². The van der Waals surface area contributed by atoms with Crippen LogP contribution in [0.4, 0.5) is 0 Å². The van der Waals surface area contributed by atoms with E-state index in [1.165, 1.54) is 10.9 Å². The lowest BCUT2D eigenvalue weighted by atomic mass is 10.1. The molecule has 1 aromatic carbocycles. The Kier molecular flexibility index (Phi) is 3.51. The van der Waals surface area contributed by atoms with Crippen LogP contribution in [0, 0.1) is 19.3 Å². The van der Waals surface area contributed by atoms with Crippen molar-refractivity contribution in [3.05, 3.63) is 35.6 Å². The van der Waals surface area contributed by atoms with Gasteiger partial charge in [-0.2, -0.15) is 0 Å². The van der Waals surface area contributed by atoms with E-state index in [1.807, 2.05) is 25.1 Å². The zero-order valence-electron chi connectivity index (χ0n) is 10.3. The van der Waals surface area contributed by atoms with Crippen molar-refractivity contribution in [2.24, 2.45) is 0 Å². The number of para-hydroxylation sites is 1. The molecule has 1 aromatic heterocycles. The molecule has 2 aromatic rings. The van der Waals surface area contributed by atoms with Crippen LogP contribution in [0.3, 0.4) is 0 Å². The number of nitrogens with one attached hydrogen (secondary N) is 1. The molecule has 17 heavy (non-hydrogen) atoms. The van der Waals surface area contributed by atoms with Crippen molar-refractivity contribution >= 4 is 11.0 Å². The zero-order valence-corrected chi connectivity index (χ0v) is 10.3. The number of aryl methyl sites for hydroxylation is 1. The first-order valence-electron chi connectivity index (χ1n) is 5.86. The van der Waals surface area contributed by atoms with Crippen molar-refractivity contribution in [2.45, 2.75) is 32.9 Å². The molecule has 1 heterocycles. The van der Waals surface area contributed by atoms with Crippen LogP contribution >= 0.6 is 0 Å². The largest absolute Gasteiger partial charge is 0.461 e. The summed E-state index contributed by atoms with van der Waals surface area (Å²) in [5, 5.41) is 4.60. The van der Waals surface area contributed by atoms with Crippen LogP contribution < -0.4 is 5.32 Å². The van der Waals surface area contributed by atoms with Gasteiger partial charge < -0.3 is 9.73 Å². The molecular weight excluding hydrogens is 210 g/mol. The Balaban J connectivity index is 2.18. The van der Waals surface area contributed by atoms with Gasteiger partial charge in [-0.1, -0.05) is 18.2 Å². The third kappa shape index (κ3) is 2.51. The highest BCUT2D eigenvalue weighted by molar-refractivity contribution is 5.82. The van der Waals surface area contributed by atoms with E-state index in [1.54, 1.807) is 0 Å². The van der Waals surface area contributed by atoms with E-state index in [9.17, 15) is 0 Å². The minimum absolute atomic E-state index is 0.327. The lowest BCUT2D eigenvalue weighted by molar-refractivity contribution is 0.537. The molecule has 88 valence electrons. The zero-order chi connectivity index (χ0) is 12.3. The normalized spacial score (nSPS) is 12.5. The van der Waals surface area contributed by atoms with Gasteiger partial charge in [0.25, 0.3) is 0 Å². The standard InChI is InChI=1S/C15H17NO/c1-4-7-11(2)16-10-14-12(3)17-15-9-6-5-8-13(14)15/h1,5-6,8-9,11,16H,7,10H2,2-3H3. The van der Waals surface area contributed by atoms with Gasteiger partial charge in [0.15, 0.2) is 0 Å². The second-order valence-corrected chi connectivity index (χ2v) is 4.32. The van der Waals surface area contributed by atoms with Crippen LogP contribution in [0.2, 0.25) is 0 Å². The molecule has 0 radical (unpaired) electrons. The third-order valence-electron chi connectivity index (χ3n) is 2.95. The van der Waals surface area contributed by atoms with Gasteiger partial charge >= 0.3 is 0 Å². The Morgan fingerprint density at radius 2 is 2.18 bits per heavy atom. The lowest BCUT2D eigenvalue weighted by Crippen LogP contribution is -2.24. The van der Waals surface area contributed by atoms with E-state index in [0.29, 0.717) is 6.04 Å². The molecule has 1 unspecified atom stereocenters. The van der Waals surface area contributed by atoms with Crippen molar-refractivity contribution in [3.8, 4) is 12.3 Å². The maximum absolute atomic E-state index is 5.71. The molecule has 0 spiro atoms. The smallest absolute Gasteiger partial charge is 0.134 e. The van der Waals surface area contributed by atoms with Crippen LogP contribution in [0.25, 0.3) is 11.0 Å². The molecule has 0 bridgehead atoms. The summed E-state index contributed by atoms with van der Waals surface area (Å²) in [6.07, 6.45) is 6.04. The quantitative estimate of drug-likeness (QED) is 0.811. The fourth-order valence-corrected chi connectivity index (χ4v) is 1.97. The highest BCUT2D eigenvalue weighted by Crippen LogP contribution is 2.24. The maximum atomic E-state index is 5.71. The fraction of sp³-hybridized carbons (Fsp3) is 0.333. The van der Waals surface area contributed by atoms with Crippen LogP contribution in [0.15, 0.2) is 28.7 Å². The third-order valence-corrected chi connectivity index (χ3v) is 2.95. The average molecular weight is 227 g/mol. The number of rotatable bonds is 4. The Bertz CT molecular complexity index is 548. The SMILES string of the molecule is C#CCC(C)NCc1c(C)oc2ccccc12. The highest BCUT2D eigenvalue weighted by Gasteiger charge is 2.10. The summed E-state index contributed by atoms with van der Waals surface area (Å²) in [6, 6.07) is 8.44. The highest BCUT2D eigenvalue weighted by atomic mass is 16.3. The molecule has 2 heteroatoms. The molecule has 0 saturated heterocycles. The van der Waals surface area contributed by atoms with Gasteiger partial charge in [0.05, 0.1) is 0 Å². The first kappa shape index (κ1) is 11.8. The number of hydrogen-bond donors (Lipinski definition) is 1. The number of furan rings is 1. The average Bonchev–Trinajstić information content (AvgIpc) is 2.62. The molecule has 0 amide bonds. The molecule has 0 fully saturated rings. The topological polar surface area (TPSA) is 25.2 Å².